The zero-order valence-electron chi connectivity index (χ0n) is 15.7. The molecule has 0 radical (unpaired) electrons. The Morgan fingerprint density at radius 3 is 2.75 bits per heavy atom. The van der Waals surface area contributed by atoms with Gasteiger partial charge in [0.1, 0.15) is 11.5 Å². The number of rotatable bonds is 8. The predicted molar refractivity (Wildman–Crippen MR) is 113 cm³/mol. The molecule has 2 aromatic carbocycles. The Kier molecular flexibility index (Phi) is 7.01. The summed E-state index contributed by atoms with van der Waals surface area (Å²) in [7, 11) is 1.63. The molecule has 3 aromatic rings. The zero-order chi connectivity index (χ0) is 19.9. The summed E-state index contributed by atoms with van der Waals surface area (Å²) in [4.78, 5) is 16.6. The fourth-order valence-corrected chi connectivity index (χ4v) is 3.58. The number of halogens is 1. The number of amides is 1. The summed E-state index contributed by atoms with van der Waals surface area (Å²) >= 11 is 7.53. The van der Waals surface area contributed by atoms with Crippen LogP contribution in [0.5, 0.6) is 5.75 Å². The van der Waals surface area contributed by atoms with Crippen LogP contribution in [0.1, 0.15) is 17.0 Å². The van der Waals surface area contributed by atoms with Crippen LogP contribution in [0, 0.1) is 6.92 Å². The van der Waals surface area contributed by atoms with E-state index in [1.807, 2.05) is 55.5 Å². The second-order valence-electron chi connectivity index (χ2n) is 6.15. The van der Waals surface area contributed by atoms with Crippen molar-refractivity contribution in [1.29, 1.82) is 0 Å². The van der Waals surface area contributed by atoms with Gasteiger partial charge in [-0.2, -0.15) is 0 Å². The first-order valence-corrected chi connectivity index (χ1v) is 10.3. The second-order valence-corrected chi connectivity index (χ2v) is 7.57. The highest BCUT2D eigenvalue weighted by molar-refractivity contribution is 7.99. The molecule has 0 atom stereocenters. The first kappa shape index (κ1) is 20.3. The average Bonchev–Trinajstić information content (AvgIpc) is 3.07. The van der Waals surface area contributed by atoms with Gasteiger partial charge in [-0.05, 0) is 42.8 Å². The molecule has 1 amide bonds. The van der Waals surface area contributed by atoms with Gasteiger partial charge >= 0.3 is 0 Å². The second kappa shape index (κ2) is 9.66. The van der Waals surface area contributed by atoms with Crippen LogP contribution in [0.3, 0.4) is 0 Å². The number of benzene rings is 2. The maximum atomic E-state index is 12.1. The van der Waals surface area contributed by atoms with E-state index in [4.69, 9.17) is 20.8 Å². The van der Waals surface area contributed by atoms with E-state index in [9.17, 15) is 4.79 Å². The number of aryl methyl sites for hydroxylation is 1. The van der Waals surface area contributed by atoms with Crippen molar-refractivity contribution in [3.63, 3.8) is 0 Å². The summed E-state index contributed by atoms with van der Waals surface area (Å²) in [6.45, 7) is 2.37. The highest BCUT2D eigenvalue weighted by Gasteiger charge is 2.12. The third kappa shape index (κ3) is 5.53. The Balaban J connectivity index is 1.47. The zero-order valence-corrected chi connectivity index (χ0v) is 17.3. The summed E-state index contributed by atoms with van der Waals surface area (Å²) < 4.78 is 10.9. The van der Waals surface area contributed by atoms with Gasteiger partial charge in [0, 0.05) is 22.9 Å². The predicted octanol–water partition coefficient (Wildman–Crippen LogP) is 4.86. The molecule has 0 spiro atoms. The monoisotopic (exact) mass is 416 g/mol. The number of oxazole rings is 1. The van der Waals surface area contributed by atoms with Crippen LogP contribution in [0.15, 0.2) is 52.9 Å². The Bertz CT molecular complexity index is 941. The lowest BCUT2D eigenvalue weighted by Gasteiger charge is -2.06. The van der Waals surface area contributed by atoms with Gasteiger partial charge in [0.2, 0.25) is 11.8 Å². The minimum atomic E-state index is -0.0166. The number of carbonyl (C=O) groups is 1. The van der Waals surface area contributed by atoms with Crippen LogP contribution >= 0.6 is 23.4 Å². The summed E-state index contributed by atoms with van der Waals surface area (Å²) in [5.41, 5.74) is 2.70. The van der Waals surface area contributed by atoms with E-state index in [2.05, 4.69) is 10.3 Å². The molecule has 146 valence electrons. The van der Waals surface area contributed by atoms with Crippen molar-refractivity contribution in [3.8, 4) is 17.2 Å². The summed E-state index contributed by atoms with van der Waals surface area (Å²) in [6.07, 6.45) is 0. The summed E-state index contributed by atoms with van der Waals surface area (Å²) in [5.74, 6) is 3.03. The van der Waals surface area contributed by atoms with Gasteiger partial charge in [-0.15, -0.1) is 11.8 Å². The standard InChI is InChI=1S/C21H21ClN2O3S/c1-14-19(24-21(27-14)16-4-3-5-17(22)10-16)12-28-13-20(25)23-11-15-6-8-18(26-2)9-7-15/h3-10H,11-13H2,1-2H3,(H,23,25). The van der Waals surface area contributed by atoms with Crippen molar-refractivity contribution in [2.24, 2.45) is 0 Å². The van der Waals surface area contributed by atoms with Gasteiger partial charge in [-0.1, -0.05) is 29.8 Å². The van der Waals surface area contributed by atoms with Crippen molar-refractivity contribution >= 4 is 29.3 Å². The maximum absolute atomic E-state index is 12.1. The molecule has 0 saturated carbocycles. The Hall–Kier alpha value is -2.44. The van der Waals surface area contributed by atoms with Gasteiger partial charge in [-0.25, -0.2) is 4.98 Å². The van der Waals surface area contributed by atoms with Gasteiger partial charge < -0.3 is 14.5 Å². The van der Waals surface area contributed by atoms with Crippen molar-refractivity contribution in [2.75, 3.05) is 12.9 Å². The van der Waals surface area contributed by atoms with Crippen LogP contribution in [-0.4, -0.2) is 23.8 Å². The first-order chi connectivity index (χ1) is 13.5. The number of hydrogen-bond donors (Lipinski definition) is 1. The molecule has 0 aliphatic heterocycles. The van der Waals surface area contributed by atoms with Gasteiger partial charge in [-0.3, -0.25) is 4.79 Å². The van der Waals surface area contributed by atoms with Crippen LogP contribution in [0.25, 0.3) is 11.5 Å². The maximum Gasteiger partial charge on any atom is 0.230 e. The van der Waals surface area contributed by atoms with E-state index < -0.39 is 0 Å². The molecule has 0 aliphatic rings. The Morgan fingerprint density at radius 2 is 2.04 bits per heavy atom. The van der Waals surface area contributed by atoms with Crippen LogP contribution in [0.2, 0.25) is 5.02 Å². The van der Waals surface area contributed by atoms with E-state index in [0.717, 1.165) is 28.3 Å². The molecular formula is C21H21ClN2O3S. The molecule has 3 rings (SSSR count). The van der Waals surface area contributed by atoms with E-state index in [1.165, 1.54) is 11.8 Å². The number of ether oxygens (including phenoxy) is 1. The number of nitrogens with zero attached hydrogens (tertiary/aromatic N) is 1. The smallest absolute Gasteiger partial charge is 0.230 e. The van der Waals surface area contributed by atoms with E-state index in [-0.39, 0.29) is 5.91 Å². The molecule has 1 aromatic heterocycles. The molecule has 0 bridgehead atoms. The summed E-state index contributed by atoms with van der Waals surface area (Å²) in [6, 6.07) is 15.0. The van der Waals surface area contributed by atoms with Crippen molar-refractivity contribution in [3.05, 3.63) is 70.6 Å². The molecular weight excluding hydrogens is 396 g/mol. The van der Waals surface area contributed by atoms with E-state index in [1.54, 1.807) is 7.11 Å². The molecule has 1 heterocycles. The minimum Gasteiger partial charge on any atom is -0.497 e. The third-order valence-electron chi connectivity index (χ3n) is 4.08. The average molecular weight is 417 g/mol. The first-order valence-electron chi connectivity index (χ1n) is 8.75. The highest BCUT2D eigenvalue weighted by atomic mass is 35.5. The number of methoxy groups -OCH3 is 1. The SMILES string of the molecule is COc1ccc(CNC(=O)CSCc2nc(-c3cccc(Cl)c3)oc2C)cc1. The molecule has 5 nitrogen and oxygen atoms in total. The largest absolute Gasteiger partial charge is 0.497 e. The number of nitrogens with one attached hydrogen (secondary N) is 1. The molecule has 0 fully saturated rings. The molecule has 0 unspecified atom stereocenters. The van der Waals surface area contributed by atoms with Crippen molar-refractivity contribution < 1.29 is 13.9 Å². The lowest BCUT2D eigenvalue weighted by Crippen LogP contribution is -2.24. The van der Waals surface area contributed by atoms with Gasteiger partial charge in [0.15, 0.2) is 0 Å². The number of carbonyl (C=O) groups excluding carboxylic acids is 1. The fourth-order valence-electron chi connectivity index (χ4n) is 2.54. The number of thioether (sulfide) groups is 1. The van der Waals surface area contributed by atoms with Crippen molar-refractivity contribution in [1.82, 2.24) is 10.3 Å². The quantitative estimate of drug-likeness (QED) is 0.568. The van der Waals surface area contributed by atoms with Gasteiger partial charge in [0.25, 0.3) is 0 Å². The summed E-state index contributed by atoms with van der Waals surface area (Å²) in [5, 5.41) is 3.55. The topological polar surface area (TPSA) is 64.4 Å². The van der Waals surface area contributed by atoms with Crippen molar-refractivity contribution in [2.45, 2.75) is 19.2 Å². The Labute approximate surface area is 173 Å². The lowest BCUT2D eigenvalue weighted by molar-refractivity contribution is -0.118. The number of aromatic nitrogens is 1. The molecule has 7 heteroatoms. The normalized spacial score (nSPS) is 10.7. The molecule has 1 N–H and O–H groups in total. The van der Waals surface area contributed by atoms with E-state index >= 15 is 0 Å². The Morgan fingerprint density at radius 1 is 1.25 bits per heavy atom. The minimum absolute atomic E-state index is 0.0166. The molecule has 0 saturated heterocycles. The molecule has 0 aliphatic carbocycles. The van der Waals surface area contributed by atoms with Crippen LogP contribution in [0.4, 0.5) is 0 Å². The number of hydrogen-bond acceptors (Lipinski definition) is 5. The fraction of sp³-hybridized carbons (Fsp3) is 0.238. The highest BCUT2D eigenvalue weighted by Crippen LogP contribution is 2.26. The van der Waals surface area contributed by atoms with Gasteiger partial charge in [0.05, 0.1) is 18.6 Å². The third-order valence-corrected chi connectivity index (χ3v) is 5.26. The molecule has 28 heavy (non-hydrogen) atoms. The lowest BCUT2D eigenvalue weighted by atomic mass is 10.2. The van der Waals surface area contributed by atoms with E-state index in [0.29, 0.717) is 29.0 Å². The van der Waals surface area contributed by atoms with Crippen LogP contribution in [-0.2, 0) is 17.1 Å². The van der Waals surface area contributed by atoms with Crippen LogP contribution < -0.4 is 10.1 Å².